The van der Waals surface area contributed by atoms with Gasteiger partial charge in [0, 0.05) is 18.0 Å². The fourth-order valence-corrected chi connectivity index (χ4v) is 1.72. The van der Waals surface area contributed by atoms with Gasteiger partial charge in [0.15, 0.2) is 17.3 Å². The molecule has 1 unspecified atom stereocenters. The van der Waals surface area contributed by atoms with Gasteiger partial charge in [-0.2, -0.15) is 0 Å². The number of carbonyl (C=O) groups excluding carboxylic acids is 1. The molecule has 0 saturated carbocycles. The molecule has 92 valence electrons. The summed E-state index contributed by atoms with van der Waals surface area (Å²) in [5.74, 6) is 1.40. The molecule has 0 radical (unpaired) electrons. The molecule has 1 atom stereocenters. The standard InChI is InChI=1S/C13H17NO3/c1-2-10(14)8-11(15)9-3-4-12-13(7-9)17-6-5-16-12/h3-4,7,10H,2,5-6,8,14H2,1H3. The number of ketones is 1. The highest BCUT2D eigenvalue weighted by molar-refractivity contribution is 5.97. The number of ether oxygens (including phenoxy) is 2. The minimum absolute atomic E-state index is 0.0522. The van der Waals surface area contributed by atoms with Gasteiger partial charge in [0.25, 0.3) is 0 Å². The molecule has 4 heteroatoms. The van der Waals surface area contributed by atoms with Crippen LogP contribution in [0.5, 0.6) is 11.5 Å². The lowest BCUT2D eigenvalue weighted by atomic mass is 10.0. The first-order valence-electron chi connectivity index (χ1n) is 5.89. The van der Waals surface area contributed by atoms with Gasteiger partial charge in [-0.25, -0.2) is 0 Å². The van der Waals surface area contributed by atoms with Crippen LogP contribution in [0.3, 0.4) is 0 Å². The number of carbonyl (C=O) groups is 1. The molecule has 1 aliphatic rings. The molecule has 1 heterocycles. The van der Waals surface area contributed by atoms with Gasteiger partial charge in [-0.3, -0.25) is 4.79 Å². The minimum atomic E-state index is -0.0734. The summed E-state index contributed by atoms with van der Waals surface area (Å²) in [6.45, 7) is 3.06. The lowest BCUT2D eigenvalue weighted by molar-refractivity contribution is 0.0972. The molecule has 1 aliphatic heterocycles. The second-order valence-electron chi connectivity index (χ2n) is 4.15. The van der Waals surface area contributed by atoms with Crippen molar-refractivity contribution >= 4 is 5.78 Å². The molecule has 0 bridgehead atoms. The average Bonchev–Trinajstić information content (AvgIpc) is 2.38. The molecular formula is C13H17NO3. The number of rotatable bonds is 4. The fraction of sp³-hybridized carbons (Fsp3) is 0.462. The van der Waals surface area contributed by atoms with Crippen LogP contribution < -0.4 is 15.2 Å². The molecule has 0 aliphatic carbocycles. The Morgan fingerprint density at radius 2 is 2.06 bits per heavy atom. The highest BCUT2D eigenvalue weighted by Crippen LogP contribution is 2.31. The summed E-state index contributed by atoms with van der Waals surface area (Å²) in [6.07, 6.45) is 1.17. The van der Waals surface area contributed by atoms with Crippen molar-refractivity contribution in [2.75, 3.05) is 13.2 Å². The topological polar surface area (TPSA) is 61.6 Å². The maximum absolute atomic E-state index is 11.9. The molecule has 0 aromatic heterocycles. The fourth-order valence-electron chi connectivity index (χ4n) is 1.72. The summed E-state index contributed by atoms with van der Waals surface area (Å²) in [5, 5.41) is 0. The second-order valence-corrected chi connectivity index (χ2v) is 4.15. The first-order chi connectivity index (χ1) is 8.20. The van der Waals surface area contributed by atoms with Crippen LogP contribution in [0.4, 0.5) is 0 Å². The molecule has 17 heavy (non-hydrogen) atoms. The van der Waals surface area contributed by atoms with E-state index in [1.807, 2.05) is 6.92 Å². The molecule has 2 rings (SSSR count). The van der Waals surface area contributed by atoms with E-state index in [9.17, 15) is 4.79 Å². The quantitative estimate of drug-likeness (QED) is 0.808. The molecule has 0 amide bonds. The Hall–Kier alpha value is -1.55. The van der Waals surface area contributed by atoms with Gasteiger partial charge in [-0.05, 0) is 24.6 Å². The van der Waals surface area contributed by atoms with Crippen molar-refractivity contribution in [1.82, 2.24) is 0 Å². The van der Waals surface area contributed by atoms with Gasteiger partial charge >= 0.3 is 0 Å². The van der Waals surface area contributed by atoms with E-state index in [4.69, 9.17) is 15.2 Å². The van der Waals surface area contributed by atoms with Gasteiger partial charge in [0.2, 0.25) is 0 Å². The Morgan fingerprint density at radius 1 is 1.35 bits per heavy atom. The van der Waals surface area contributed by atoms with E-state index in [2.05, 4.69) is 0 Å². The zero-order valence-electron chi connectivity index (χ0n) is 9.94. The van der Waals surface area contributed by atoms with Crippen LogP contribution in [0, 0.1) is 0 Å². The summed E-state index contributed by atoms with van der Waals surface area (Å²) in [5.41, 5.74) is 6.41. The van der Waals surface area contributed by atoms with Crippen LogP contribution in [-0.2, 0) is 0 Å². The summed E-state index contributed by atoms with van der Waals surface area (Å²) >= 11 is 0. The van der Waals surface area contributed by atoms with Crippen LogP contribution >= 0.6 is 0 Å². The Kier molecular flexibility index (Phi) is 3.64. The number of Topliss-reactive ketones (excluding diaryl/α,β-unsaturated/α-hetero) is 1. The Bertz CT molecular complexity index is 417. The second kappa shape index (κ2) is 5.19. The summed E-state index contributed by atoms with van der Waals surface area (Å²) in [7, 11) is 0. The first kappa shape index (κ1) is 11.9. The smallest absolute Gasteiger partial charge is 0.164 e. The third-order valence-electron chi connectivity index (χ3n) is 2.84. The van der Waals surface area contributed by atoms with Crippen molar-refractivity contribution < 1.29 is 14.3 Å². The van der Waals surface area contributed by atoms with Crippen LogP contribution in [0.1, 0.15) is 30.1 Å². The zero-order valence-corrected chi connectivity index (χ0v) is 9.94. The maximum Gasteiger partial charge on any atom is 0.164 e. The number of hydrogen-bond acceptors (Lipinski definition) is 4. The van der Waals surface area contributed by atoms with E-state index in [1.165, 1.54) is 0 Å². The third-order valence-corrected chi connectivity index (χ3v) is 2.84. The van der Waals surface area contributed by atoms with Gasteiger partial charge in [-0.15, -0.1) is 0 Å². The number of benzene rings is 1. The van der Waals surface area contributed by atoms with Gasteiger partial charge in [-0.1, -0.05) is 6.92 Å². The van der Waals surface area contributed by atoms with E-state index in [-0.39, 0.29) is 11.8 Å². The largest absolute Gasteiger partial charge is 0.486 e. The molecule has 4 nitrogen and oxygen atoms in total. The molecule has 0 spiro atoms. The van der Waals surface area contributed by atoms with Crippen LogP contribution in [0.2, 0.25) is 0 Å². The van der Waals surface area contributed by atoms with Gasteiger partial charge in [0.1, 0.15) is 13.2 Å². The van der Waals surface area contributed by atoms with Crippen molar-refractivity contribution in [1.29, 1.82) is 0 Å². The van der Waals surface area contributed by atoms with E-state index < -0.39 is 0 Å². The average molecular weight is 235 g/mol. The molecule has 0 saturated heterocycles. The molecule has 1 aromatic carbocycles. The molecule has 0 fully saturated rings. The maximum atomic E-state index is 11.9. The van der Waals surface area contributed by atoms with E-state index >= 15 is 0 Å². The molecular weight excluding hydrogens is 218 g/mol. The molecule has 2 N–H and O–H groups in total. The van der Waals surface area contributed by atoms with Gasteiger partial charge < -0.3 is 15.2 Å². The summed E-state index contributed by atoms with van der Waals surface area (Å²) < 4.78 is 10.8. The highest BCUT2D eigenvalue weighted by atomic mass is 16.6. The number of fused-ring (bicyclic) bond motifs is 1. The Morgan fingerprint density at radius 3 is 2.76 bits per heavy atom. The lowest BCUT2D eigenvalue weighted by Crippen LogP contribution is -2.23. The first-order valence-corrected chi connectivity index (χ1v) is 5.89. The van der Waals surface area contributed by atoms with Crippen LogP contribution in [0.25, 0.3) is 0 Å². The SMILES string of the molecule is CCC(N)CC(=O)c1ccc2c(c1)OCCO2. The minimum Gasteiger partial charge on any atom is -0.486 e. The predicted molar refractivity (Wildman–Crippen MR) is 64.6 cm³/mol. The van der Waals surface area contributed by atoms with Crippen LogP contribution in [0.15, 0.2) is 18.2 Å². The van der Waals surface area contributed by atoms with Crippen molar-refractivity contribution in [3.05, 3.63) is 23.8 Å². The van der Waals surface area contributed by atoms with E-state index in [0.717, 1.165) is 6.42 Å². The zero-order chi connectivity index (χ0) is 12.3. The Labute approximate surface area is 101 Å². The predicted octanol–water partition coefficient (Wildman–Crippen LogP) is 1.77. The van der Waals surface area contributed by atoms with Crippen molar-refractivity contribution in [3.8, 4) is 11.5 Å². The normalized spacial score (nSPS) is 15.4. The monoisotopic (exact) mass is 235 g/mol. The summed E-state index contributed by atoms with van der Waals surface area (Å²) in [4.78, 5) is 11.9. The lowest BCUT2D eigenvalue weighted by Gasteiger charge is -2.18. The Balaban J connectivity index is 2.13. The van der Waals surface area contributed by atoms with E-state index in [1.54, 1.807) is 18.2 Å². The summed E-state index contributed by atoms with van der Waals surface area (Å²) in [6, 6.07) is 5.20. The van der Waals surface area contributed by atoms with Crippen LogP contribution in [-0.4, -0.2) is 25.0 Å². The van der Waals surface area contributed by atoms with Gasteiger partial charge in [0.05, 0.1) is 0 Å². The molecule has 1 aromatic rings. The number of hydrogen-bond donors (Lipinski definition) is 1. The third kappa shape index (κ3) is 2.77. The van der Waals surface area contributed by atoms with Crippen molar-refractivity contribution in [2.24, 2.45) is 5.73 Å². The highest BCUT2D eigenvalue weighted by Gasteiger charge is 2.16. The van der Waals surface area contributed by atoms with Crippen molar-refractivity contribution in [2.45, 2.75) is 25.8 Å². The van der Waals surface area contributed by atoms with E-state index in [0.29, 0.717) is 36.7 Å². The van der Waals surface area contributed by atoms with Crippen molar-refractivity contribution in [3.63, 3.8) is 0 Å². The number of nitrogens with two attached hydrogens (primary N) is 1.